The summed E-state index contributed by atoms with van der Waals surface area (Å²) >= 11 is 6.44. The highest BCUT2D eigenvalue weighted by atomic mass is 35.5. The van der Waals surface area contributed by atoms with E-state index in [1.54, 1.807) is 54.1 Å². The lowest BCUT2D eigenvalue weighted by Gasteiger charge is -2.36. The Morgan fingerprint density at radius 3 is 2.60 bits per heavy atom. The van der Waals surface area contributed by atoms with E-state index >= 15 is 0 Å². The van der Waals surface area contributed by atoms with Crippen LogP contribution in [-0.4, -0.2) is 23.4 Å². The molecule has 0 radical (unpaired) electrons. The van der Waals surface area contributed by atoms with Gasteiger partial charge in [0.15, 0.2) is 0 Å². The van der Waals surface area contributed by atoms with Gasteiger partial charge in [-0.15, -0.1) is 0 Å². The fraction of sp³-hybridized carbons (Fsp3) is 0.190. The third-order valence-electron chi connectivity index (χ3n) is 5.57. The number of halogens is 2. The minimum atomic E-state index is -3.95. The summed E-state index contributed by atoms with van der Waals surface area (Å²) in [5, 5.41) is 7.87. The monoisotopic (exact) mass is 447 g/mol. The Bertz CT molecular complexity index is 1360. The summed E-state index contributed by atoms with van der Waals surface area (Å²) in [5.74, 6) is -0.335. The number of aromatic amines is 1. The maximum absolute atomic E-state index is 13.2. The van der Waals surface area contributed by atoms with Crippen LogP contribution in [0.1, 0.15) is 18.1 Å². The Morgan fingerprint density at radius 2 is 1.93 bits per heavy atom. The number of sulfonamides is 1. The van der Waals surface area contributed by atoms with Gasteiger partial charge in [-0.3, -0.25) is 14.6 Å². The average molecular weight is 448 g/mol. The number of rotatable bonds is 4. The normalized spacial score (nSPS) is 21.7. The van der Waals surface area contributed by atoms with E-state index < -0.39 is 20.7 Å². The summed E-state index contributed by atoms with van der Waals surface area (Å²) in [6.07, 6.45) is 4.68. The van der Waals surface area contributed by atoms with Gasteiger partial charge in [0.25, 0.3) is 5.56 Å². The molecule has 0 bridgehead atoms. The second-order valence-electron chi connectivity index (χ2n) is 7.50. The Labute approximate surface area is 177 Å². The maximum Gasteiger partial charge on any atom is 0.271 e. The van der Waals surface area contributed by atoms with Crippen molar-refractivity contribution in [3.63, 3.8) is 0 Å². The zero-order valence-electron chi connectivity index (χ0n) is 16.0. The fourth-order valence-corrected chi connectivity index (χ4v) is 5.49. The van der Waals surface area contributed by atoms with Crippen molar-refractivity contribution in [1.29, 1.82) is 0 Å². The number of nitrogens with two attached hydrogens (primary N) is 1. The molecule has 1 aromatic heterocycles. The van der Waals surface area contributed by atoms with Gasteiger partial charge in [-0.1, -0.05) is 42.0 Å². The van der Waals surface area contributed by atoms with E-state index in [9.17, 15) is 17.6 Å². The number of nitrogens with one attached hydrogen (secondary N) is 1. The first-order chi connectivity index (χ1) is 14.1. The number of primary sulfonamides is 1. The lowest BCUT2D eigenvalue weighted by Crippen LogP contribution is -2.45. The molecule has 0 saturated carbocycles. The van der Waals surface area contributed by atoms with E-state index in [1.165, 1.54) is 18.2 Å². The lowest BCUT2D eigenvalue weighted by molar-refractivity contribution is 0.536. The van der Waals surface area contributed by atoms with Gasteiger partial charge in [-0.2, -0.15) is 0 Å². The van der Waals surface area contributed by atoms with Crippen molar-refractivity contribution in [2.75, 3.05) is 0 Å². The quantitative estimate of drug-likeness (QED) is 0.642. The van der Waals surface area contributed by atoms with Gasteiger partial charge in [0.05, 0.1) is 17.4 Å². The van der Waals surface area contributed by atoms with Crippen molar-refractivity contribution in [2.24, 2.45) is 5.14 Å². The fourth-order valence-electron chi connectivity index (χ4n) is 3.90. The van der Waals surface area contributed by atoms with Crippen molar-refractivity contribution in [2.45, 2.75) is 24.1 Å². The van der Waals surface area contributed by atoms with E-state index in [0.717, 1.165) is 5.56 Å². The Morgan fingerprint density at radius 1 is 1.23 bits per heavy atom. The van der Waals surface area contributed by atoms with Crippen LogP contribution in [0.25, 0.3) is 10.9 Å². The Hall–Kier alpha value is -2.68. The van der Waals surface area contributed by atoms with Crippen LogP contribution < -0.4 is 10.7 Å². The minimum Gasteiger partial charge on any atom is -0.280 e. The molecule has 2 unspecified atom stereocenters. The van der Waals surface area contributed by atoms with Gasteiger partial charge in [-0.05, 0) is 48.4 Å². The summed E-state index contributed by atoms with van der Waals surface area (Å²) in [6.45, 7) is 2.04. The molecular weight excluding hydrogens is 429 g/mol. The van der Waals surface area contributed by atoms with Crippen molar-refractivity contribution in [3.8, 4) is 0 Å². The highest BCUT2D eigenvalue weighted by Crippen LogP contribution is 2.43. The molecule has 1 aliphatic carbocycles. The number of hydrogen-bond donors (Lipinski definition) is 2. The topological polar surface area (TPSA) is 97.9 Å². The largest absolute Gasteiger partial charge is 0.280 e. The molecule has 1 heterocycles. The molecule has 0 amide bonds. The first kappa shape index (κ1) is 20.6. The molecule has 0 aliphatic heterocycles. The predicted molar refractivity (Wildman–Crippen MR) is 115 cm³/mol. The van der Waals surface area contributed by atoms with Gasteiger partial charge in [0.1, 0.15) is 11.1 Å². The van der Waals surface area contributed by atoms with Crippen molar-refractivity contribution in [3.05, 3.63) is 93.0 Å². The molecule has 2 atom stereocenters. The van der Waals surface area contributed by atoms with Crippen LogP contribution >= 0.6 is 11.6 Å². The molecule has 0 fully saturated rings. The van der Waals surface area contributed by atoms with Gasteiger partial charge in [-0.25, -0.2) is 17.9 Å². The minimum absolute atomic E-state index is 0.311. The number of nitrogens with zero attached hydrogens (tertiary/aromatic N) is 1. The van der Waals surface area contributed by atoms with Gasteiger partial charge >= 0.3 is 0 Å². The van der Waals surface area contributed by atoms with E-state index in [1.807, 2.05) is 0 Å². The van der Waals surface area contributed by atoms with Crippen molar-refractivity contribution in [1.82, 2.24) is 9.78 Å². The molecule has 3 N–H and O–H groups in total. The van der Waals surface area contributed by atoms with E-state index in [-0.39, 0.29) is 11.4 Å². The van der Waals surface area contributed by atoms with Crippen LogP contribution in [0.2, 0.25) is 0 Å². The number of H-pyrrole nitrogens is 1. The third-order valence-corrected chi connectivity index (χ3v) is 7.42. The standard InChI is InChI=1S/C21H19ClFN3O3S/c1-21(18(22)3-2-4-19(21)30(24,28)29)14-7-10-17-16(11-14)20(27)25-26(17)12-13-5-8-15(23)9-6-13/h2-11,19H,12H2,1H3,(H,25,27)(H2,24,28,29). The van der Waals surface area contributed by atoms with Gasteiger partial charge in [0.2, 0.25) is 10.0 Å². The van der Waals surface area contributed by atoms with Gasteiger partial charge < -0.3 is 0 Å². The highest BCUT2D eigenvalue weighted by Gasteiger charge is 2.45. The number of hydrogen-bond acceptors (Lipinski definition) is 3. The number of fused-ring (bicyclic) bond motifs is 1. The van der Waals surface area contributed by atoms with E-state index in [4.69, 9.17) is 16.7 Å². The van der Waals surface area contributed by atoms with Crippen LogP contribution in [0.3, 0.4) is 0 Å². The first-order valence-corrected chi connectivity index (χ1v) is 11.1. The molecule has 0 spiro atoms. The molecule has 4 rings (SSSR count). The molecule has 3 aromatic rings. The summed E-state index contributed by atoms with van der Waals surface area (Å²) < 4.78 is 39.3. The van der Waals surface area contributed by atoms with Gasteiger partial charge in [0, 0.05) is 10.4 Å². The van der Waals surface area contributed by atoms with Crippen LogP contribution in [0, 0.1) is 5.82 Å². The molecule has 0 saturated heterocycles. The summed E-state index contributed by atoms with van der Waals surface area (Å²) in [7, 11) is -3.95. The molecule has 1 aliphatic rings. The Balaban J connectivity index is 1.82. The average Bonchev–Trinajstić information content (AvgIpc) is 3.00. The summed E-state index contributed by atoms with van der Waals surface area (Å²) in [5.41, 5.74) is 0.554. The second kappa shape index (κ2) is 7.23. The van der Waals surface area contributed by atoms with E-state index in [0.29, 0.717) is 28.0 Å². The molecule has 9 heteroatoms. The number of aromatic nitrogens is 2. The molecule has 30 heavy (non-hydrogen) atoms. The Kier molecular flexibility index (Phi) is 4.96. The van der Waals surface area contributed by atoms with Crippen molar-refractivity contribution >= 4 is 32.5 Å². The smallest absolute Gasteiger partial charge is 0.271 e. The zero-order valence-corrected chi connectivity index (χ0v) is 17.5. The maximum atomic E-state index is 13.2. The van der Waals surface area contributed by atoms with Crippen LogP contribution in [0.15, 0.2) is 70.5 Å². The number of benzene rings is 2. The predicted octanol–water partition coefficient (Wildman–Crippen LogP) is 3.12. The van der Waals surface area contributed by atoms with Crippen molar-refractivity contribution < 1.29 is 12.8 Å². The second-order valence-corrected chi connectivity index (χ2v) is 9.59. The molecule has 6 nitrogen and oxygen atoms in total. The third kappa shape index (κ3) is 3.40. The highest BCUT2D eigenvalue weighted by molar-refractivity contribution is 7.90. The first-order valence-electron chi connectivity index (χ1n) is 9.14. The van der Waals surface area contributed by atoms with E-state index in [2.05, 4.69) is 5.10 Å². The number of allylic oxidation sites excluding steroid dienone is 3. The van der Waals surface area contributed by atoms with Crippen LogP contribution in [-0.2, 0) is 22.0 Å². The summed E-state index contributed by atoms with van der Waals surface area (Å²) in [4.78, 5) is 12.6. The van der Waals surface area contributed by atoms with Crippen LogP contribution in [0.4, 0.5) is 4.39 Å². The zero-order chi connectivity index (χ0) is 21.7. The molecule has 2 aromatic carbocycles. The molecule has 156 valence electrons. The molecular formula is C21H19ClFN3O3S. The van der Waals surface area contributed by atoms with Crippen LogP contribution in [0.5, 0.6) is 0 Å². The SMILES string of the molecule is CC1(c2ccc3c(c2)c(=O)[nH]n3Cc2ccc(F)cc2)C(Cl)=CC=CC1S(N)(=O)=O. The lowest BCUT2D eigenvalue weighted by atomic mass is 9.76. The summed E-state index contributed by atoms with van der Waals surface area (Å²) in [6, 6.07) is 11.1.